The Hall–Kier alpha value is -1.53. The molecule has 0 atom stereocenters. The maximum atomic E-state index is 11.1. The average Bonchev–Trinajstić information content (AvgIpc) is 2.57. The smallest absolute Gasteiger partial charge is 0.214 e. The summed E-state index contributed by atoms with van der Waals surface area (Å²) in [4.78, 5) is 12.9. The van der Waals surface area contributed by atoms with Crippen molar-refractivity contribution in [3.8, 4) is 0 Å². The van der Waals surface area contributed by atoms with Crippen LogP contribution in [0.4, 0.5) is 0 Å². The molecule has 2 heteroatoms. The van der Waals surface area contributed by atoms with Gasteiger partial charge >= 0.3 is 0 Å². The Kier molecular flexibility index (Phi) is 6.13. The Labute approximate surface area is 104 Å². The highest BCUT2D eigenvalue weighted by molar-refractivity contribution is 5.54. The number of hydrogen-bond acceptors (Lipinski definition) is 1. The molecule has 0 unspecified atom stereocenters. The van der Waals surface area contributed by atoms with Crippen molar-refractivity contribution in [3.05, 3.63) is 41.3 Å². The number of rotatable bonds is 7. The van der Waals surface area contributed by atoms with Crippen LogP contribution in [0.3, 0.4) is 0 Å². The molecule has 0 aromatic carbocycles. The first kappa shape index (κ1) is 13.5. The lowest BCUT2D eigenvalue weighted by atomic mass is 10.1. The topological polar surface area (TPSA) is 20.3 Å². The second-order valence-electron chi connectivity index (χ2n) is 4.19. The summed E-state index contributed by atoms with van der Waals surface area (Å²) in [5.74, 6) is 0. The summed E-state index contributed by atoms with van der Waals surface area (Å²) in [5, 5.41) is 0. The van der Waals surface area contributed by atoms with Gasteiger partial charge < -0.3 is 4.90 Å². The molecule has 1 amide bonds. The van der Waals surface area contributed by atoms with E-state index in [1.807, 2.05) is 18.2 Å². The Morgan fingerprint density at radius 1 is 1.35 bits per heavy atom. The van der Waals surface area contributed by atoms with Crippen molar-refractivity contribution in [1.29, 1.82) is 0 Å². The first-order valence-electron chi connectivity index (χ1n) is 6.37. The molecule has 0 fully saturated rings. The van der Waals surface area contributed by atoms with Crippen LogP contribution >= 0.6 is 0 Å². The Morgan fingerprint density at radius 2 is 2.18 bits per heavy atom. The predicted molar refractivity (Wildman–Crippen MR) is 71.4 cm³/mol. The minimum Gasteiger partial charge on any atom is -0.315 e. The minimum atomic E-state index is 0.787. The van der Waals surface area contributed by atoms with E-state index in [0.29, 0.717) is 0 Å². The standard InChI is InChI=1S/C15H21NO/c1-3-5-11-16(13-17)15-10-7-6-9-14(12-15)8-4-2/h7,9-10,12-13H,3-5,8,11H2,1-2H3. The Bertz CT molecular complexity index is 370. The minimum absolute atomic E-state index is 0.787. The van der Waals surface area contributed by atoms with Crippen molar-refractivity contribution < 1.29 is 4.79 Å². The van der Waals surface area contributed by atoms with Crippen LogP contribution in [0.1, 0.15) is 39.5 Å². The van der Waals surface area contributed by atoms with Gasteiger partial charge in [-0.2, -0.15) is 0 Å². The van der Waals surface area contributed by atoms with Crippen molar-refractivity contribution in [1.82, 2.24) is 4.90 Å². The lowest BCUT2D eigenvalue weighted by Crippen LogP contribution is -2.21. The van der Waals surface area contributed by atoms with Gasteiger partial charge in [-0.05, 0) is 42.7 Å². The largest absolute Gasteiger partial charge is 0.315 e. The van der Waals surface area contributed by atoms with E-state index in [-0.39, 0.29) is 0 Å². The zero-order valence-electron chi connectivity index (χ0n) is 10.8. The number of nitrogens with zero attached hydrogens (tertiary/aromatic N) is 1. The van der Waals surface area contributed by atoms with Crippen LogP contribution in [0.2, 0.25) is 0 Å². The van der Waals surface area contributed by atoms with E-state index in [0.717, 1.165) is 44.3 Å². The van der Waals surface area contributed by atoms with E-state index in [2.05, 4.69) is 25.7 Å². The van der Waals surface area contributed by atoms with Crippen LogP contribution < -0.4 is 0 Å². The number of hydrogen-bond donors (Lipinski definition) is 0. The van der Waals surface area contributed by atoms with Crippen LogP contribution in [-0.2, 0) is 4.79 Å². The zero-order chi connectivity index (χ0) is 12.5. The Balaban J connectivity index is 2.80. The van der Waals surface area contributed by atoms with Gasteiger partial charge in [0.1, 0.15) is 0 Å². The highest BCUT2D eigenvalue weighted by atomic mass is 16.1. The summed E-state index contributed by atoms with van der Waals surface area (Å²) in [6.07, 6.45) is 13.1. The summed E-state index contributed by atoms with van der Waals surface area (Å²) >= 11 is 0. The van der Waals surface area contributed by atoms with E-state index in [1.165, 1.54) is 5.57 Å². The van der Waals surface area contributed by atoms with Gasteiger partial charge in [-0.25, -0.2) is 0 Å². The molecule has 0 aromatic rings. The SMILES string of the molecule is CCCCN(C=O)C1=CC=C=CC(CCC)=C1. The third kappa shape index (κ3) is 4.46. The fourth-order valence-electron chi connectivity index (χ4n) is 1.75. The lowest BCUT2D eigenvalue weighted by molar-refractivity contribution is -0.116. The molecule has 1 aliphatic carbocycles. The van der Waals surface area contributed by atoms with E-state index < -0.39 is 0 Å². The number of amides is 1. The zero-order valence-corrected chi connectivity index (χ0v) is 10.8. The molecule has 1 aliphatic rings. The number of unbranched alkanes of at least 4 members (excludes halogenated alkanes) is 1. The predicted octanol–water partition coefficient (Wildman–Crippen LogP) is 3.58. The number of carbonyl (C=O) groups is 1. The fraction of sp³-hybridized carbons (Fsp3) is 0.467. The Morgan fingerprint density at radius 3 is 2.82 bits per heavy atom. The molecule has 0 aliphatic heterocycles. The summed E-state index contributed by atoms with van der Waals surface area (Å²) < 4.78 is 0. The third-order valence-corrected chi connectivity index (χ3v) is 2.70. The molecule has 0 aromatic heterocycles. The molecule has 0 spiro atoms. The summed E-state index contributed by atoms with van der Waals surface area (Å²) in [7, 11) is 0. The molecule has 0 heterocycles. The van der Waals surface area contributed by atoms with E-state index >= 15 is 0 Å². The molecule has 17 heavy (non-hydrogen) atoms. The van der Waals surface area contributed by atoms with Crippen LogP contribution in [0.5, 0.6) is 0 Å². The molecule has 1 rings (SSSR count). The fourth-order valence-corrected chi connectivity index (χ4v) is 1.75. The quantitative estimate of drug-likeness (QED) is 0.484. The van der Waals surface area contributed by atoms with Crippen LogP contribution in [0, 0.1) is 0 Å². The van der Waals surface area contributed by atoms with Crippen molar-refractivity contribution in [2.75, 3.05) is 6.54 Å². The third-order valence-electron chi connectivity index (χ3n) is 2.70. The molecule has 0 N–H and O–H groups in total. The van der Waals surface area contributed by atoms with Gasteiger partial charge in [-0.1, -0.05) is 26.7 Å². The van der Waals surface area contributed by atoms with Crippen LogP contribution in [0.25, 0.3) is 0 Å². The molecule has 92 valence electrons. The lowest BCUT2D eigenvalue weighted by Gasteiger charge is -2.18. The van der Waals surface area contributed by atoms with Crippen molar-refractivity contribution in [3.63, 3.8) is 0 Å². The van der Waals surface area contributed by atoms with Gasteiger partial charge in [0.05, 0.1) is 0 Å². The first-order valence-corrected chi connectivity index (χ1v) is 6.37. The van der Waals surface area contributed by atoms with E-state index in [9.17, 15) is 4.79 Å². The maximum Gasteiger partial charge on any atom is 0.214 e. The molecular weight excluding hydrogens is 210 g/mol. The number of carbonyl (C=O) groups excluding carboxylic acids is 1. The second kappa shape index (κ2) is 7.70. The molecule has 2 nitrogen and oxygen atoms in total. The van der Waals surface area contributed by atoms with E-state index in [4.69, 9.17) is 0 Å². The van der Waals surface area contributed by atoms with Gasteiger partial charge in [0.15, 0.2) is 0 Å². The second-order valence-corrected chi connectivity index (χ2v) is 4.19. The highest BCUT2D eigenvalue weighted by Crippen LogP contribution is 2.15. The van der Waals surface area contributed by atoms with Crippen molar-refractivity contribution in [2.24, 2.45) is 0 Å². The first-order chi connectivity index (χ1) is 8.31. The molecule has 0 saturated carbocycles. The van der Waals surface area contributed by atoms with Gasteiger partial charge in [-0.3, -0.25) is 4.79 Å². The van der Waals surface area contributed by atoms with Gasteiger partial charge in [0, 0.05) is 12.2 Å². The van der Waals surface area contributed by atoms with Gasteiger partial charge in [0.2, 0.25) is 6.41 Å². The monoisotopic (exact) mass is 231 g/mol. The molecular formula is C15H21NO. The van der Waals surface area contributed by atoms with Crippen LogP contribution in [-0.4, -0.2) is 17.9 Å². The van der Waals surface area contributed by atoms with Gasteiger partial charge in [0.25, 0.3) is 0 Å². The molecule has 0 saturated heterocycles. The highest BCUT2D eigenvalue weighted by Gasteiger charge is 2.06. The average molecular weight is 231 g/mol. The summed E-state index contributed by atoms with van der Waals surface area (Å²) in [6, 6.07) is 0. The molecule has 0 bridgehead atoms. The maximum absolute atomic E-state index is 11.1. The summed E-state index contributed by atoms with van der Waals surface area (Å²) in [5.41, 5.74) is 5.31. The van der Waals surface area contributed by atoms with Crippen molar-refractivity contribution >= 4 is 6.41 Å². The normalized spacial score (nSPS) is 14.0. The van der Waals surface area contributed by atoms with Gasteiger partial charge in [-0.15, -0.1) is 5.73 Å². The van der Waals surface area contributed by atoms with Crippen LogP contribution in [0.15, 0.2) is 41.3 Å². The van der Waals surface area contributed by atoms with E-state index in [1.54, 1.807) is 4.90 Å². The molecule has 0 radical (unpaired) electrons. The van der Waals surface area contributed by atoms with Crippen molar-refractivity contribution in [2.45, 2.75) is 39.5 Å². The number of allylic oxidation sites excluding steroid dienone is 4. The summed E-state index contributed by atoms with van der Waals surface area (Å²) in [6.45, 7) is 5.07.